The molecule has 0 unspecified atom stereocenters. The Labute approximate surface area is 167 Å². The number of likely N-dealkylation sites (tertiary alicyclic amines) is 1. The van der Waals surface area contributed by atoms with Crippen molar-refractivity contribution >= 4 is 17.7 Å². The lowest BCUT2D eigenvalue weighted by Gasteiger charge is -2.31. The first-order valence-corrected chi connectivity index (χ1v) is 10.2. The van der Waals surface area contributed by atoms with Crippen LogP contribution in [0.4, 0.5) is 0 Å². The number of nitrogens with zero attached hydrogens (tertiary/aromatic N) is 1. The van der Waals surface area contributed by atoms with Crippen LogP contribution in [0.2, 0.25) is 0 Å². The second-order valence-corrected chi connectivity index (χ2v) is 7.19. The lowest BCUT2D eigenvalue weighted by atomic mass is 10.0. The quantitative estimate of drug-likeness (QED) is 0.527. The zero-order valence-electron chi connectivity index (χ0n) is 16.7. The summed E-state index contributed by atoms with van der Waals surface area (Å²) in [5.74, 6) is -0.0219. The first-order valence-electron chi connectivity index (χ1n) is 10.2. The van der Waals surface area contributed by atoms with Gasteiger partial charge in [0, 0.05) is 44.2 Å². The van der Waals surface area contributed by atoms with E-state index < -0.39 is 0 Å². The van der Waals surface area contributed by atoms with E-state index in [4.69, 9.17) is 0 Å². The molecule has 154 valence electrons. The fourth-order valence-corrected chi connectivity index (χ4v) is 3.20. The van der Waals surface area contributed by atoms with Gasteiger partial charge in [-0.1, -0.05) is 25.1 Å². The van der Waals surface area contributed by atoms with Crippen molar-refractivity contribution in [3.05, 3.63) is 35.9 Å². The first-order chi connectivity index (χ1) is 13.6. The van der Waals surface area contributed by atoms with Crippen molar-refractivity contribution in [3.63, 3.8) is 0 Å². The average molecular weight is 389 g/mol. The van der Waals surface area contributed by atoms with Gasteiger partial charge in [-0.05, 0) is 37.8 Å². The van der Waals surface area contributed by atoms with Crippen LogP contribution in [0.3, 0.4) is 0 Å². The van der Waals surface area contributed by atoms with Gasteiger partial charge in [-0.2, -0.15) is 0 Å². The minimum Gasteiger partial charge on any atom is -0.355 e. The Bertz CT molecular complexity index is 628. The van der Waals surface area contributed by atoms with Gasteiger partial charge in [0.2, 0.25) is 11.8 Å². The first kappa shape index (κ1) is 21.9. The Morgan fingerprint density at radius 2 is 1.71 bits per heavy atom. The largest absolute Gasteiger partial charge is 0.355 e. The van der Waals surface area contributed by atoms with Gasteiger partial charge >= 0.3 is 0 Å². The van der Waals surface area contributed by atoms with Crippen molar-refractivity contribution in [2.45, 2.75) is 45.1 Å². The highest BCUT2D eigenvalue weighted by molar-refractivity contribution is 5.94. The van der Waals surface area contributed by atoms with Crippen LogP contribution >= 0.6 is 0 Å². The fraction of sp³-hybridized carbons (Fsp3) is 0.571. The molecule has 7 heteroatoms. The Balaban J connectivity index is 1.55. The standard InChI is InChI=1S/C21H32N4O3/c1-2-12-22-20(27)16-25-14-10-18(11-15-25)24-19(26)9-6-13-23-21(28)17-7-4-3-5-8-17/h3-5,7-8,18H,2,6,9-16H2,1H3,(H,22,27)(H,23,28)(H,24,26). The number of benzene rings is 1. The molecule has 0 saturated carbocycles. The number of amides is 3. The summed E-state index contributed by atoms with van der Waals surface area (Å²) in [5, 5.41) is 8.79. The van der Waals surface area contributed by atoms with Crippen LogP contribution in [0, 0.1) is 0 Å². The van der Waals surface area contributed by atoms with E-state index in [9.17, 15) is 14.4 Å². The number of carbonyl (C=O) groups is 3. The zero-order chi connectivity index (χ0) is 20.2. The van der Waals surface area contributed by atoms with Crippen molar-refractivity contribution in [2.75, 3.05) is 32.7 Å². The number of carbonyl (C=O) groups excluding carboxylic acids is 3. The van der Waals surface area contributed by atoms with Crippen LogP contribution in [-0.2, 0) is 9.59 Å². The average Bonchev–Trinajstić information content (AvgIpc) is 2.71. The van der Waals surface area contributed by atoms with Crippen molar-refractivity contribution < 1.29 is 14.4 Å². The zero-order valence-corrected chi connectivity index (χ0v) is 16.7. The van der Waals surface area contributed by atoms with Crippen LogP contribution < -0.4 is 16.0 Å². The minimum absolute atomic E-state index is 0.0214. The Hall–Kier alpha value is -2.41. The highest BCUT2D eigenvalue weighted by Crippen LogP contribution is 2.10. The van der Waals surface area contributed by atoms with E-state index in [0.29, 0.717) is 31.5 Å². The van der Waals surface area contributed by atoms with Gasteiger partial charge < -0.3 is 16.0 Å². The number of hydrogen-bond acceptors (Lipinski definition) is 4. The van der Waals surface area contributed by atoms with Gasteiger partial charge in [0.1, 0.15) is 0 Å². The fourth-order valence-electron chi connectivity index (χ4n) is 3.20. The summed E-state index contributed by atoms with van der Waals surface area (Å²) in [6.07, 6.45) is 3.67. The lowest BCUT2D eigenvalue weighted by Crippen LogP contribution is -2.47. The normalized spacial score (nSPS) is 15.0. The molecular weight excluding hydrogens is 356 g/mol. The van der Waals surface area contributed by atoms with Gasteiger partial charge in [0.25, 0.3) is 5.91 Å². The molecule has 3 amide bonds. The third-order valence-electron chi connectivity index (χ3n) is 4.79. The van der Waals surface area contributed by atoms with E-state index in [0.717, 1.165) is 38.9 Å². The van der Waals surface area contributed by atoms with Crippen LogP contribution in [0.25, 0.3) is 0 Å². The van der Waals surface area contributed by atoms with Crippen LogP contribution in [0.1, 0.15) is 49.4 Å². The summed E-state index contributed by atoms with van der Waals surface area (Å²) < 4.78 is 0. The molecule has 1 fully saturated rings. The summed E-state index contributed by atoms with van der Waals surface area (Å²) in [5.41, 5.74) is 0.627. The molecule has 2 rings (SSSR count). The number of hydrogen-bond donors (Lipinski definition) is 3. The summed E-state index contributed by atoms with van der Waals surface area (Å²) in [4.78, 5) is 37.9. The Morgan fingerprint density at radius 1 is 1.00 bits per heavy atom. The van der Waals surface area contributed by atoms with E-state index in [1.165, 1.54) is 0 Å². The molecule has 28 heavy (non-hydrogen) atoms. The van der Waals surface area contributed by atoms with E-state index >= 15 is 0 Å². The molecule has 1 aliphatic heterocycles. The van der Waals surface area contributed by atoms with E-state index in [2.05, 4.69) is 20.9 Å². The maximum atomic E-state index is 12.1. The van der Waals surface area contributed by atoms with Gasteiger partial charge in [-0.3, -0.25) is 19.3 Å². The molecule has 0 spiro atoms. The van der Waals surface area contributed by atoms with Crippen molar-refractivity contribution in [3.8, 4) is 0 Å². The SMILES string of the molecule is CCCNC(=O)CN1CCC(NC(=O)CCCNC(=O)c2ccccc2)CC1. The minimum atomic E-state index is -0.114. The molecule has 0 aromatic heterocycles. The molecule has 1 heterocycles. The maximum absolute atomic E-state index is 12.1. The van der Waals surface area contributed by atoms with Crippen molar-refractivity contribution in [1.29, 1.82) is 0 Å². The molecule has 1 saturated heterocycles. The Morgan fingerprint density at radius 3 is 2.39 bits per heavy atom. The number of nitrogens with one attached hydrogen (secondary N) is 3. The van der Waals surface area contributed by atoms with E-state index in [1.807, 2.05) is 25.1 Å². The molecule has 1 aromatic carbocycles. The monoisotopic (exact) mass is 388 g/mol. The molecule has 7 nitrogen and oxygen atoms in total. The van der Waals surface area contributed by atoms with Gasteiger partial charge in [0.05, 0.1) is 6.54 Å². The van der Waals surface area contributed by atoms with Crippen molar-refractivity contribution in [2.24, 2.45) is 0 Å². The molecule has 3 N–H and O–H groups in total. The topological polar surface area (TPSA) is 90.5 Å². The van der Waals surface area contributed by atoms with Crippen LogP contribution in [-0.4, -0.2) is 61.4 Å². The lowest BCUT2D eigenvalue weighted by molar-refractivity contribution is -0.124. The summed E-state index contributed by atoms with van der Waals surface area (Å²) >= 11 is 0. The smallest absolute Gasteiger partial charge is 0.251 e. The predicted octanol–water partition coefficient (Wildman–Crippen LogP) is 1.30. The summed E-state index contributed by atoms with van der Waals surface area (Å²) in [6, 6.07) is 9.22. The maximum Gasteiger partial charge on any atom is 0.251 e. The molecular formula is C21H32N4O3. The third kappa shape index (κ3) is 8.08. The molecule has 1 aliphatic rings. The predicted molar refractivity (Wildman–Crippen MR) is 109 cm³/mol. The van der Waals surface area contributed by atoms with Crippen molar-refractivity contribution in [1.82, 2.24) is 20.9 Å². The van der Waals surface area contributed by atoms with Gasteiger partial charge in [0.15, 0.2) is 0 Å². The molecule has 1 aromatic rings. The highest BCUT2D eigenvalue weighted by Gasteiger charge is 2.21. The van der Waals surface area contributed by atoms with Gasteiger partial charge in [-0.15, -0.1) is 0 Å². The number of piperidine rings is 1. The highest BCUT2D eigenvalue weighted by atomic mass is 16.2. The summed E-state index contributed by atoms with van der Waals surface area (Å²) in [7, 11) is 0. The van der Waals surface area contributed by atoms with Crippen LogP contribution in [0.15, 0.2) is 30.3 Å². The van der Waals surface area contributed by atoms with E-state index in [1.54, 1.807) is 12.1 Å². The second kappa shape index (κ2) is 12.1. The second-order valence-electron chi connectivity index (χ2n) is 7.19. The van der Waals surface area contributed by atoms with Gasteiger partial charge in [-0.25, -0.2) is 0 Å². The molecule has 0 aliphatic carbocycles. The Kier molecular flexibility index (Phi) is 9.48. The van der Waals surface area contributed by atoms with Crippen LogP contribution in [0.5, 0.6) is 0 Å². The van der Waals surface area contributed by atoms with E-state index in [-0.39, 0.29) is 23.8 Å². The number of rotatable bonds is 10. The molecule has 0 radical (unpaired) electrons. The summed E-state index contributed by atoms with van der Waals surface area (Å²) in [6.45, 7) is 5.30. The molecule has 0 bridgehead atoms. The third-order valence-corrected chi connectivity index (χ3v) is 4.79. The molecule has 0 atom stereocenters.